The molecule has 0 bridgehead atoms. The van der Waals surface area contributed by atoms with E-state index < -0.39 is 11.9 Å². The Bertz CT molecular complexity index is 254. The topological polar surface area (TPSA) is 65.1 Å². The molecule has 0 aromatic rings. The highest BCUT2D eigenvalue weighted by molar-refractivity contribution is 5.93. The standard InChI is InChI=1S/C9H12O5/c1-6(9(11)12-2)3-8(10)14-5-7-4-13-7/h7H,1,3-5H2,2H3. The largest absolute Gasteiger partial charge is 0.466 e. The number of rotatable bonds is 5. The summed E-state index contributed by atoms with van der Waals surface area (Å²) in [6, 6.07) is 0. The SMILES string of the molecule is C=C(CC(=O)OCC1CO1)C(=O)OC. The summed E-state index contributed by atoms with van der Waals surface area (Å²) in [5.74, 6) is -1.08. The van der Waals surface area contributed by atoms with Gasteiger partial charge in [-0.2, -0.15) is 0 Å². The molecule has 1 aliphatic rings. The van der Waals surface area contributed by atoms with Crippen LogP contribution in [0.5, 0.6) is 0 Å². The third kappa shape index (κ3) is 3.57. The van der Waals surface area contributed by atoms with Crippen LogP contribution in [-0.4, -0.2) is 38.4 Å². The monoisotopic (exact) mass is 200 g/mol. The van der Waals surface area contributed by atoms with Gasteiger partial charge in [-0.25, -0.2) is 4.79 Å². The number of methoxy groups -OCH3 is 1. The van der Waals surface area contributed by atoms with Crippen LogP contribution in [0.1, 0.15) is 6.42 Å². The van der Waals surface area contributed by atoms with Crippen molar-refractivity contribution in [2.75, 3.05) is 20.3 Å². The molecule has 1 rings (SSSR count). The normalized spacial score (nSPS) is 18.5. The Hall–Kier alpha value is -1.36. The van der Waals surface area contributed by atoms with Crippen molar-refractivity contribution in [1.82, 2.24) is 0 Å². The average molecular weight is 200 g/mol. The van der Waals surface area contributed by atoms with E-state index in [1.165, 1.54) is 7.11 Å². The molecule has 0 aliphatic carbocycles. The minimum Gasteiger partial charge on any atom is -0.466 e. The van der Waals surface area contributed by atoms with Gasteiger partial charge < -0.3 is 14.2 Å². The van der Waals surface area contributed by atoms with Crippen molar-refractivity contribution in [3.05, 3.63) is 12.2 Å². The Morgan fingerprint density at radius 3 is 2.71 bits per heavy atom. The molecule has 1 fully saturated rings. The summed E-state index contributed by atoms with van der Waals surface area (Å²) in [7, 11) is 1.23. The first-order chi connectivity index (χ1) is 6.63. The maximum Gasteiger partial charge on any atom is 0.333 e. The molecule has 0 saturated carbocycles. The van der Waals surface area contributed by atoms with E-state index in [1.54, 1.807) is 0 Å². The van der Waals surface area contributed by atoms with Crippen molar-refractivity contribution in [3.63, 3.8) is 0 Å². The summed E-state index contributed by atoms with van der Waals surface area (Å²) < 4.78 is 14.0. The van der Waals surface area contributed by atoms with E-state index in [0.29, 0.717) is 6.61 Å². The van der Waals surface area contributed by atoms with Crippen molar-refractivity contribution < 1.29 is 23.8 Å². The van der Waals surface area contributed by atoms with E-state index in [4.69, 9.17) is 9.47 Å². The molecular weight excluding hydrogens is 188 g/mol. The highest BCUT2D eigenvalue weighted by Gasteiger charge is 2.24. The van der Waals surface area contributed by atoms with Gasteiger partial charge >= 0.3 is 11.9 Å². The minimum absolute atomic E-state index is 0.0327. The molecule has 1 aliphatic heterocycles. The fraction of sp³-hybridized carbons (Fsp3) is 0.556. The summed E-state index contributed by atoms with van der Waals surface area (Å²) in [5.41, 5.74) is 0.0919. The van der Waals surface area contributed by atoms with Gasteiger partial charge in [0.05, 0.1) is 20.1 Å². The highest BCUT2D eigenvalue weighted by atomic mass is 16.6. The number of esters is 2. The molecule has 1 saturated heterocycles. The number of carbonyl (C=O) groups is 2. The van der Waals surface area contributed by atoms with E-state index in [9.17, 15) is 9.59 Å². The number of hydrogen-bond acceptors (Lipinski definition) is 5. The minimum atomic E-state index is -0.593. The predicted octanol–water partition coefficient (Wildman–Crippen LogP) is 0.0477. The Morgan fingerprint density at radius 1 is 1.57 bits per heavy atom. The number of hydrogen-bond donors (Lipinski definition) is 0. The molecule has 1 atom stereocenters. The fourth-order valence-electron chi connectivity index (χ4n) is 0.792. The van der Waals surface area contributed by atoms with Gasteiger partial charge in [0.15, 0.2) is 0 Å². The van der Waals surface area contributed by atoms with Crippen molar-refractivity contribution in [2.24, 2.45) is 0 Å². The zero-order chi connectivity index (χ0) is 10.6. The molecule has 14 heavy (non-hydrogen) atoms. The smallest absolute Gasteiger partial charge is 0.333 e. The van der Waals surface area contributed by atoms with E-state index in [1.807, 2.05) is 0 Å². The van der Waals surface area contributed by atoms with Crippen LogP contribution >= 0.6 is 0 Å². The lowest BCUT2D eigenvalue weighted by Crippen LogP contribution is -2.13. The summed E-state index contributed by atoms with van der Waals surface area (Å²) in [5, 5.41) is 0. The number of ether oxygens (including phenoxy) is 3. The lowest BCUT2D eigenvalue weighted by molar-refractivity contribution is -0.145. The fourth-order valence-corrected chi connectivity index (χ4v) is 0.792. The second-order valence-corrected chi connectivity index (χ2v) is 2.91. The maximum atomic E-state index is 11.1. The van der Waals surface area contributed by atoms with Crippen LogP contribution in [0, 0.1) is 0 Å². The molecule has 5 heteroatoms. The van der Waals surface area contributed by atoms with Crippen LogP contribution in [-0.2, 0) is 23.8 Å². The summed E-state index contributed by atoms with van der Waals surface area (Å²) in [4.78, 5) is 21.9. The van der Waals surface area contributed by atoms with E-state index in [-0.39, 0.29) is 24.7 Å². The van der Waals surface area contributed by atoms with Crippen molar-refractivity contribution >= 4 is 11.9 Å². The van der Waals surface area contributed by atoms with Crippen molar-refractivity contribution in [1.29, 1.82) is 0 Å². The Balaban J connectivity index is 2.17. The van der Waals surface area contributed by atoms with Gasteiger partial charge in [-0.3, -0.25) is 4.79 Å². The Morgan fingerprint density at radius 2 is 2.21 bits per heavy atom. The summed E-state index contributed by atoms with van der Waals surface area (Å²) in [6.45, 7) is 4.28. The molecule has 1 unspecified atom stereocenters. The summed E-state index contributed by atoms with van der Waals surface area (Å²) >= 11 is 0. The van der Waals surface area contributed by atoms with Crippen LogP contribution in [0.3, 0.4) is 0 Å². The molecule has 0 spiro atoms. The zero-order valence-electron chi connectivity index (χ0n) is 7.95. The lowest BCUT2D eigenvalue weighted by Gasteiger charge is -2.03. The molecule has 0 amide bonds. The van der Waals surface area contributed by atoms with Crippen LogP contribution in [0.15, 0.2) is 12.2 Å². The Labute approximate surface area is 81.6 Å². The van der Waals surface area contributed by atoms with Crippen LogP contribution < -0.4 is 0 Å². The third-order valence-corrected chi connectivity index (χ3v) is 1.66. The molecule has 0 radical (unpaired) electrons. The first-order valence-electron chi connectivity index (χ1n) is 4.16. The van der Waals surface area contributed by atoms with Crippen LogP contribution in [0.25, 0.3) is 0 Å². The second kappa shape index (κ2) is 4.76. The quantitative estimate of drug-likeness (QED) is 0.356. The van der Waals surface area contributed by atoms with E-state index in [0.717, 1.165) is 0 Å². The summed E-state index contributed by atoms with van der Waals surface area (Å²) in [6.07, 6.45) is -0.107. The molecule has 1 heterocycles. The van der Waals surface area contributed by atoms with Gasteiger partial charge in [-0.05, 0) is 0 Å². The van der Waals surface area contributed by atoms with E-state index in [2.05, 4.69) is 11.3 Å². The van der Waals surface area contributed by atoms with Gasteiger partial charge in [-0.1, -0.05) is 6.58 Å². The first-order valence-corrected chi connectivity index (χ1v) is 4.16. The molecule has 5 nitrogen and oxygen atoms in total. The Kier molecular flexibility index (Phi) is 3.64. The van der Waals surface area contributed by atoms with Gasteiger partial charge in [0, 0.05) is 5.57 Å². The van der Waals surface area contributed by atoms with Crippen molar-refractivity contribution in [3.8, 4) is 0 Å². The maximum absolute atomic E-state index is 11.1. The molecule has 0 N–H and O–H groups in total. The van der Waals surface area contributed by atoms with Gasteiger partial charge in [0.2, 0.25) is 0 Å². The third-order valence-electron chi connectivity index (χ3n) is 1.66. The number of carbonyl (C=O) groups excluding carboxylic acids is 2. The number of epoxide rings is 1. The molecule has 0 aromatic carbocycles. The molecule has 0 aromatic heterocycles. The van der Waals surface area contributed by atoms with Crippen LogP contribution in [0.4, 0.5) is 0 Å². The predicted molar refractivity (Wildman–Crippen MR) is 46.5 cm³/mol. The average Bonchev–Trinajstić information content (AvgIpc) is 2.96. The first kappa shape index (κ1) is 10.7. The lowest BCUT2D eigenvalue weighted by atomic mass is 10.2. The molecular formula is C9H12O5. The molecule has 78 valence electrons. The zero-order valence-corrected chi connectivity index (χ0v) is 7.95. The van der Waals surface area contributed by atoms with Gasteiger partial charge in [0.25, 0.3) is 0 Å². The van der Waals surface area contributed by atoms with E-state index >= 15 is 0 Å². The second-order valence-electron chi connectivity index (χ2n) is 2.91. The highest BCUT2D eigenvalue weighted by Crippen LogP contribution is 2.10. The van der Waals surface area contributed by atoms with Gasteiger partial charge in [-0.15, -0.1) is 0 Å². The van der Waals surface area contributed by atoms with Crippen molar-refractivity contribution in [2.45, 2.75) is 12.5 Å². The van der Waals surface area contributed by atoms with Crippen LogP contribution in [0.2, 0.25) is 0 Å². The van der Waals surface area contributed by atoms with Gasteiger partial charge in [0.1, 0.15) is 12.7 Å².